The lowest BCUT2D eigenvalue weighted by atomic mass is 10.1. The monoisotopic (exact) mass is 328 g/mol. The Morgan fingerprint density at radius 3 is 2.67 bits per heavy atom. The number of nitrogens with zero attached hydrogens (tertiary/aromatic N) is 2. The number of aliphatic hydroxyl groups excluding tert-OH is 1. The number of aliphatic hydroxyl groups is 1. The van der Waals surface area contributed by atoms with Crippen LogP contribution in [0.2, 0.25) is 10.0 Å². The van der Waals surface area contributed by atoms with E-state index >= 15 is 0 Å². The summed E-state index contributed by atoms with van der Waals surface area (Å²) < 4.78 is 7.52. The van der Waals surface area contributed by atoms with Crippen molar-refractivity contribution in [3.8, 4) is 5.75 Å². The number of rotatable bonds is 5. The van der Waals surface area contributed by atoms with E-state index in [4.69, 9.17) is 27.9 Å². The van der Waals surface area contributed by atoms with E-state index in [1.807, 2.05) is 14.0 Å². The molecule has 1 heterocycles. The number of aryl methyl sites for hydroxylation is 2. The zero-order chi connectivity index (χ0) is 15.6. The maximum absolute atomic E-state index is 9.80. The van der Waals surface area contributed by atoms with Crippen LogP contribution < -0.4 is 4.74 Å². The van der Waals surface area contributed by atoms with E-state index in [-0.39, 0.29) is 6.61 Å². The van der Waals surface area contributed by atoms with E-state index in [2.05, 4.69) is 5.10 Å². The van der Waals surface area contributed by atoms with Crippen LogP contribution in [0.15, 0.2) is 18.2 Å². The SMILES string of the molecule is CCc1nn(C)c(COc2ccc(Cl)cc2C(C)O)c1Cl. The second kappa shape index (κ2) is 6.69. The van der Waals surface area contributed by atoms with Crippen molar-refractivity contribution in [3.63, 3.8) is 0 Å². The van der Waals surface area contributed by atoms with Crippen molar-refractivity contribution in [1.29, 1.82) is 0 Å². The van der Waals surface area contributed by atoms with Crippen LogP contribution >= 0.6 is 23.2 Å². The maximum Gasteiger partial charge on any atom is 0.131 e. The Kier molecular flexibility index (Phi) is 5.14. The molecule has 6 heteroatoms. The first-order chi connectivity index (χ1) is 9.93. The summed E-state index contributed by atoms with van der Waals surface area (Å²) >= 11 is 12.2. The highest BCUT2D eigenvalue weighted by Gasteiger charge is 2.15. The Balaban J connectivity index is 2.23. The van der Waals surface area contributed by atoms with Gasteiger partial charge in [0.1, 0.15) is 12.4 Å². The molecule has 2 aromatic rings. The quantitative estimate of drug-likeness (QED) is 0.904. The lowest BCUT2D eigenvalue weighted by Crippen LogP contribution is -2.05. The van der Waals surface area contributed by atoms with Gasteiger partial charge in [0, 0.05) is 17.6 Å². The molecular weight excluding hydrogens is 311 g/mol. The van der Waals surface area contributed by atoms with Crippen molar-refractivity contribution in [3.05, 3.63) is 45.2 Å². The van der Waals surface area contributed by atoms with Crippen molar-refractivity contribution >= 4 is 23.2 Å². The van der Waals surface area contributed by atoms with Gasteiger partial charge in [-0.25, -0.2) is 0 Å². The van der Waals surface area contributed by atoms with Crippen molar-refractivity contribution in [2.75, 3.05) is 0 Å². The van der Waals surface area contributed by atoms with Crippen LogP contribution in [0.3, 0.4) is 0 Å². The van der Waals surface area contributed by atoms with Crippen LogP contribution in [0.1, 0.15) is 36.9 Å². The first-order valence-electron chi connectivity index (χ1n) is 6.74. The lowest BCUT2D eigenvalue weighted by molar-refractivity contribution is 0.189. The molecule has 1 aromatic carbocycles. The van der Waals surface area contributed by atoms with Gasteiger partial charge in [0.25, 0.3) is 0 Å². The summed E-state index contributed by atoms with van der Waals surface area (Å²) in [5.74, 6) is 0.588. The highest BCUT2D eigenvalue weighted by molar-refractivity contribution is 6.32. The predicted molar refractivity (Wildman–Crippen MR) is 84.0 cm³/mol. The predicted octanol–water partition coefficient (Wildman–Crippen LogP) is 3.92. The Morgan fingerprint density at radius 1 is 1.38 bits per heavy atom. The van der Waals surface area contributed by atoms with Crippen LogP contribution in [-0.4, -0.2) is 14.9 Å². The molecule has 1 atom stereocenters. The summed E-state index contributed by atoms with van der Waals surface area (Å²) in [6.07, 6.45) is 0.110. The van der Waals surface area contributed by atoms with Gasteiger partial charge in [0.05, 0.1) is 22.5 Å². The molecule has 21 heavy (non-hydrogen) atoms. The Bertz CT molecular complexity index is 639. The fourth-order valence-corrected chi connectivity index (χ4v) is 2.63. The molecule has 4 nitrogen and oxygen atoms in total. The number of halogens is 2. The van der Waals surface area contributed by atoms with Gasteiger partial charge in [-0.05, 0) is 31.5 Å². The zero-order valence-corrected chi connectivity index (χ0v) is 13.7. The molecule has 1 aromatic heterocycles. The summed E-state index contributed by atoms with van der Waals surface area (Å²) in [7, 11) is 1.83. The Labute approximate surface area is 134 Å². The number of hydrogen-bond acceptors (Lipinski definition) is 3. The van der Waals surface area contributed by atoms with Crippen molar-refractivity contribution in [2.24, 2.45) is 7.05 Å². The lowest BCUT2D eigenvalue weighted by Gasteiger charge is -2.14. The second-order valence-corrected chi connectivity index (χ2v) is 5.65. The van der Waals surface area contributed by atoms with Gasteiger partial charge < -0.3 is 9.84 Å². The molecule has 0 aliphatic carbocycles. The van der Waals surface area contributed by atoms with E-state index < -0.39 is 6.10 Å². The molecule has 0 spiro atoms. The molecule has 114 valence electrons. The maximum atomic E-state index is 9.80. The molecule has 1 unspecified atom stereocenters. The van der Waals surface area contributed by atoms with Crippen LogP contribution in [-0.2, 0) is 20.1 Å². The summed E-state index contributed by atoms with van der Waals surface area (Å²) in [6, 6.07) is 5.17. The van der Waals surface area contributed by atoms with Gasteiger partial charge in [0.2, 0.25) is 0 Å². The van der Waals surface area contributed by atoms with E-state index in [1.165, 1.54) is 0 Å². The molecule has 0 aliphatic heterocycles. The van der Waals surface area contributed by atoms with Gasteiger partial charge in [0.15, 0.2) is 0 Å². The minimum absolute atomic E-state index is 0.281. The van der Waals surface area contributed by atoms with Gasteiger partial charge in [-0.15, -0.1) is 0 Å². The summed E-state index contributed by atoms with van der Waals surface area (Å²) in [6.45, 7) is 3.96. The van der Waals surface area contributed by atoms with Gasteiger partial charge in [-0.1, -0.05) is 30.1 Å². The molecule has 0 aliphatic rings. The summed E-state index contributed by atoms with van der Waals surface area (Å²) in [4.78, 5) is 0. The van der Waals surface area contributed by atoms with E-state index in [1.54, 1.807) is 29.8 Å². The largest absolute Gasteiger partial charge is 0.487 e. The first-order valence-corrected chi connectivity index (χ1v) is 7.50. The minimum atomic E-state index is -0.660. The molecular formula is C15H18Cl2N2O2. The Morgan fingerprint density at radius 2 is 2.10 bits per heavy atom. The molecule has 0 fully saturated rings. The molecule has 2 rings (SSSR count). The second-order valence-electron chi connectivity index (χ2n) is 4.83. The van der Waals surface area contributed by atoms with Crippen molar-refractivity contribution < 1.29 is 9.84 Å². The third-order valence-corrected chi connectivity index (χ3v) is 3.96. The van der Waals surface area contributed by atoms with Crippen LogP contribution in [0.4, 0.5) is 0 Å². The first kappa shape index (κ1) is 16.1. The third-order valence-electron chi connectivity index (χ3n) is 3.29. The van der Waals surface area contributed by atoms with Crippen LogP contribution in [0.5, 0.6) is 5.75 Å². The highest BCUT2D eigenvalue weighted by atomic mass is 35.5. The standard InChI is InChI=1S/C15H18Cl2N2O2/c1-4-12-15(17)13(19(3)18-12)8-21-14-6-5-10(16)7-11(14)9(2)20/h5-7,9,20H,4,8H2,1-3H3. The number of hydrogen-bond donors (Lipinski definition) is 1. The third kappa shape index (κ3) is 3.51. The smallest absolute Gasteiger partial charge is 0.131 e. The van der Waals surface area contributed by atoms with E-state index in [9.17, 15) is 5.11 Å². The molecule has 0 radical (unpaired) electrons. The number of ether oxygens (including phenoxy) is 1. The van der Waals surface area contributed by atoms with Gasteiger partial charge in [-0.3, -0.25) is 4.68 Å². The van der Waals surface area contributed by atoms with E-state index in [0.717, 1.165) is 17.8 Å². The average molecular weight is 329 g/mol. The number of aromatic nitrogens is 2. The minimum Gasteiger partial charge on any atom is -0.487 e. The summed E-state index contributed by atoms with van der Waals surface area (Å²) in [5.41, 5.74) is 2.31. The average Bonchev–Trinajstić information content (AvgIpc) is 2.72. The van der Waals surface area contributed by atoms with Gasteiger partial charge >= 0.3 is 0 Å². The topological polar surface area (TPSA) is 47.3 Å². The number of benzene rings is 1. The van der Waals surface area contributed by atoms with Gasteiger partial charge in [-0.2, -0.15) is 5.10 Å². The van der Waals surface area contributed by atoms with E-state index in [0.29, 0.717) is 21.4 Å². The Hall–Kier alpha value is -1.23. The van der Waals surface area contributed by atoms with Crippen LogP contribution in [0, 0.1) is 0 Å². The fourth-order valence-electron chi connectivity index (χ4n) is 2.10. The molecule has 1 N–H and O–H groups in total. The molecule has 0 saturated carbocycles. The molecule has 0 bridgehead atoms. The molecule has 0 amide bonds. The van der Waals surface area contributed by atoms with Crippen molar-refractivity contribution in [1.82, 2.24) is 9.78 Å². The normalized spacial score (nSPS) is 12.5. The molecule has 0 saturated heterocycles. The summed E-state index contributed by atoms with van der Waals surface area (Å²) in [5, 5.41) is 15.3. The van der Waals surface area contributed by atoms with Crippen molar-refractivity contribution in [2.45, 2.75) is 33.0 Å². The fraction of sp³-hybridized carbons (Fsp3) is 0.400. The van der Waals surface area contributed by atoms with Crippen LogP contribution in [0.25, 0.3) is 0 Å². The zero-order valence-electron chi connectivity index (χ0n) is 12.2. The highest BCUT2D eigenvalue weighted by Crippen LogP contribution is 2.30.